The predicted octanol–water partition coefficient (Wildman–Crippen LogP) is 1.95. The molecule has 1 amide bonds. The standard InChI is InChI=1S/C13H17IN2O2/c1-10(13(17)16-6-8-18-9-7-16)15-12-4-2-11(14)3-5-12/h2-5,10,15H,6-9H2,1H3/t10-/m1/s1. The van der Waals surface area contributed by atoms with Crippen molar-refractivity contribution in [2.75, 3.05) is 31.6 Å². The highest BCUT2D eigenvalue weighted by atomic mass is 127. The third-order valence-electron chi connectivity index (χ3n) is 2.92. The number of carbonyl (C=O) groups excluding carboxylic acids is 1. The zero-order chi connectivity index (χ0) is 13.0. The first-order chi connectivity index (χ1) is 8.66. The van der Waals surface area contributed by atoms with Crippen LogP contribution in [0.15, 0.2) is 24.3 Å². The van der Waals surface area contributed by atoms with Crippen molar-refractivity contribution in [3.05, 3.63) is 27.8 Å². The van der Waals surface area contributed by atoms with Crippen molar-refractivity contribution in [2.24, 2.45) is 0 Å². The van der Waals surface area contributed by atoms with Gasteiger partial charge in [-0.1, -0.05) is 0 Å². The van der Waals surface area contributed by atoms with E-state index < -0.39 is 0 Å². The van der Waals surface area contributed by atoms with Crippen LogP contribution in [0.3, 0.4) is 0 Å². The third-order valence-corrected chi connectivity index (χ3v) is 3.64. The molecule has 1 aromatic rings. The van der Waals surface area contributed by atoms with Gasteiger partial charge in [-0.05, 0) is 53.8 Å². The molecule has 0 saturated carbocycles. The normalized spacial score (nSPS) is 17.3. The summed E-state index contributed by atoms with van der Waals surface area (Å²) < 4.78 is 6.43. The van der Waals surface area contributed by atoms with Crippen LogP contribution < -0.4 is 5.32 Å². The van der Waals surface area contributed by atoms with Crippen LogP contribution in [0.2, 0.25) is 0 Å². The number of hydrogen-bond donors (Lipinski definition) is 1. The van der Waals surface area contributed by atoms with Gasteiger partial charge in [-0.15, -0.1) is 0 Å². The Bertz CT molecular complexity index is 402. The molecule has 0 spiro atoms. The predicted molar refractivity (Wildman–Crippen MR) is 79.6 cm³/mol. The lowest BCUT2D eigenvalue weighted by Gasteiger charge is -2.29. The molecule has 2 rings (SSSR count). The van der Waals surface area contributed by atoms with Crippen LogP contribution >= 0.6 is 22.6 Å². The summed E-state index contributed by atoms with van der Waals surface area (Å²) in [6.45, 7) is 4.56. The quantitative estimate of drug-likeness (QED) is 0.838. The van der Waals surface area contributed by atoms with E-state index in [0.29, 0.717) is 26.3 Å². The second kappa shape index (κ2) is 6.38. The molecule has 4 nitrogen and oxygen atoms in total. The van der Waals surface area contributed by atoms with Gasteiger partial charge in [0.15, 0.2) is 0 Å². The molecule has 0 aromatic heterocycles. The largest absolute Gasteiger partial charge is 0.378 e. The van der Waals surface area contributed by atoms with E-state index in [2.05, 4.69) is 27.9 Å². The van der Waals surface area contributed by atoms with Gasteiger partial charge in [0.25, 0.3) is 0 Å². The molecule has 1 saturated heterocycles. The first-order valence-electron chi connectivity index (χ1n) is 6.05. The lowest BCUT2D eigenvalue weighted by Crippen LogP contribution is -2.46. The summed E-state index contributed by atoms with van der Waals surface area (Å²) in [4.78, 5) is 14.0. The van der Waals surface area contributed by atoms with E-state index in [1.54, 1.807) is 0 Å². The number of nitrogens with one attached hydrogen (secondary N) is 1. The first kappa shape index (κ1) is 13.6. The van der Waals surface area contributed by atoms with Crippen LogP contribution in [0.5, 0.6) is 0 Å². The minimum Gasteiger partial charge on any atom is -0.378 e. The molecule has 0 radical (unpaired) electrons. The summed E-state index contributed by atoms with van der Waals surface area (Å²) in [5.41, 5.74) is 0.976. The molecule has 98 valence electrons. The van der Waals surface area contributed by atoms with Crippen LogP contribution in [0.4, 0.5) is 5.69 Å². The second-order valence-corrected chi connectivity index (χ2v) is 5.56. The molecular weight excluding hydrogens is 343 g/mol. The SMILES string of the molecule is C[C@@H](Nc1ccc(I)cc1)C(=O)N1CCOCC1. The number of halogens is 1. The average molecular weight is 360 g/mol. The summed E-state index contributed by atoms with van der Waals surface area (Å²) in [7, 11) is 0. The number of morpholine rings is 1. The van der Waals surface area contributed by atoms with Crippen LogP contribution in [-0.4, -0.2) is 43.2 Å². The summed E-state index contributed by atoms with van der Waals surface area (Å²) in [5.74, 6) is 0.136. The molecular formula is C13H17IN2O2. The molecule has 18 heavy (non-hydrogen) atoms. The van der Waals surface area contributed by atoms with Crippen molar-refractivity contribution in [1.29, 1.82) is 0 Å². The molecule has 1 N–H and O–H groups in total. The van der Waals surface area contributed by atoms with E-state index in [9.17, 15) is 4.79 Å². The van der Waals surface area contributed by atoms with Crippen molar-refractivity contribution >= 4 is 34.2 Å². The van der Waals surface area contributed by atoms with E-state index in [1.807, 2.05) is 36.1 Å². The Morgan fingerprint density at radius 2 is 1.94 bits per heavy atom. The summed E-state index contributed by atoms with van der Waals surface area (Å²) in [6.07, 6.45) is 0. The van der Waals surface area contributed by atoms with Gasteiger partial charge in [0.05, 0.1) is 13.2 Å². The molecule has 1 aliphatic rings. The molecule has 1 aliphatic heterocycles. The van der Waals surface area contributed by atoms with Gasteiger partial charge in [0.2, 0.25) is 5.91 Å². The van der Waals surface area contributed by atoms with E-state index in [1.165, 1.54) is 3.57 Å². The first-order valence-corrected chi connectivity index (χ1v) is 7.13. The van der Waals surface area contributed by atoms with Gasteiger partial charge in [-0.3, -0.25) is 4.79 Å². The van der Waals surface area contributed by atoms with E-state index >= 15 is 0 Å². The van der Waals surface area contributed by atoms with Crippen molar-refractivity contribution in [1.82, 2.24) is 4.90 Å². The Morgan fingerprint density at radius 3 is 2.56 bits per heavy atom. The van der Waals surface area contributed by atoms with Crippen LogP contribution in [0.1, 0.15) is 6.92 Å². The molecule has 5 heteroatoms. The fraction of sp³-hybridized carbons (Fsp3) is 0.462. The maximum Gasteiger partial charge on any atom is 0.244 e. The van der Waals surface area contributed by atoms with Crippen molar-refractivity contribution in [3.8, 4) is 0 Å². The molecule has 0 unspecified atom stereocenters. The highest BCUT2D eigenvalue weighted by Crippen LogP contribution is 2.13. The zero-order valence-corrected chi connectivity index (χ0v) is 12.5. The second-order valence-electron chi connectivity index (χ2n) is 4.31. The summed E-state index contributed by atoms with van der Waals surface area (Å²) in [6, 6.07) is 7.82. The molecule has 1 fully saturated rings. The number of hydrogen-bond acceptors (Lipinski definition) is 3. The number of carbonyl (C=O) groups is 1. The number of anilines is 1. The van der Waals surface area contributed by atoms with Crippen molar-refractivity contribution in [2.45, 2.75) is 13.0 Å². The average Bonchev–Trinajstić information content (AvgIpc) is 2.41. The summed E-state index contributed by atoms with van der Waals surface area (Å²) >= 11 is 2.26. The topological polar surface area (TPSA) is 41.6 Å². The zero-order valence-electron chi connectivity index (χ0n) is 10.4. The maximum atomic E-state index is 12.2. The van der Waals surface area contributed by atoms with Gasteiger partial charge in [0, 0.05) is 22.3 Å². The van der Waals surface area contributed by atoms with Crippen LogP contribution in [-0.2, 0) is 9.53 Å². The van der Waals surface area contributed by atoms with Gasteiger partial charge < -0.3 is 15.0 Å². The molecule has 0 bridgehead atoms. The van der Waals surface area contributed by atoms with Gasteiger partial charge in [-0.2, -0.15) is 0 Å². The maximum absolute atomic E-state index is 12.2. The van der Waals surface area contributed by atoms with E-state index in [4.69, 9.17) is 4.74 Å². The smallest absolute Gasteiger partial charge is 0.244 e. The number of rotatable bonds is 3. The lowest BCUT2D eigenvalue weighted by molar-refractivity contribution is -0.135. The number of nitrogens with zero attached hydrogens (tertiary/aromatic N) is 1. The minimum absolute atomic E-state index is 0.136. The Balaban J connectivity index is 1.92. The number of amides is 1. The summed E-state index contributed by atoms with van der Waals surface area (Å²) in [5, 5.41) is 3.23. The number of ether oxygens (including phenoxy) is 1. The van der Waals surface area contributed by atoms with Gasteiger partial charge in [0.1, 0.15) is 6.04 Å². The minimum atomic E-state index is -0.205. The third kappa shape index (κ3) is 3.58. The van der Waals surface area contributed by atoms with Crippen molar-refractivity contribution < 1.29 is 9.53 Å². The molecule has 1 atom stereocenters. The van der Waals surface area contributed by atoms with E-state index in [0.717, 1.165) is 5.69 Å². The fourth-order valence-corrected chi connectivity index (χ4v) is 2.28. The Hall–Kier alpha value is -0.820. The highest BCUT2D eigenvalue weighted by Gasteiger charge is 2.22. The van der Waals surface area contributed by atoms with Gasteiger partial charge >= 0.3 is 0 Å². The molecule has 1 heterocycles. The molecule has 0 aliphatic carbocycles. The Morgan fingerprint density at radius 1 is 1.33 bits per heavy atom. The van der Waals surface area contributed by atoms with Crippen LogP contribution in [0.25, 0.3) is 0 Å². The lowest BCUT2D eigenvalue weighted by atomic mass is 10.2. The van der Waals surface area contributed by atoms with E-state index in [-0.39, 0.29) is 11.9 Å². The Kier molecular flexibility index (Phi) is 4.82. The van der Waals surface area contributed by atoms with Crippen LogP contribution in [0, 0.1) is 3.57 Å². The fourth-order valence-electron chi connectivity index (χ4n) is 1.92. The highest BCUT2D eigenvalue weighted by molar-refractivity contribution is 14.1. The molecule has 1 aromatic carbocycles. The monoisotopic (exact) mass is 360 g/mol. The number of benzene rings is 1. The Labute approximate surface area is 121 Å². The van der Waals surface area contributed by atoms with Gasteiger partial charge in [-0.25, -0.2) is 0 Å². The van der Waals surface area contributed by atoms with Crippen molar-refractivity contribution in [3.63, 3.8) is 0 Å².